The third-order valence-corrected chi connectivity index (χ3v) is 4.84. The van der Waals surface area contributed by atoms with Crippen LogP contribution in [0.1, 0.15) is 39.3 Å². The molecule has 1 atom stereocenters. The number of thiazole rings is 1. The van der Waals surface area contributed by atoms with Crippen molar-refractivity contribution in [1.82, 2.24) is 4.98 Å². The molecular weight excluding hydrogens is 344 g/mol. The zero-order valence-corrected chi connectivity index (χ0v) is 16.2. The number of allylic oxidation sites excluding steroid dienone is 5. The highest BCUT2D eigenvalue weighted by Crippen LogP contribution is 2.29. The van der Waals surface area contributed by atoms with Crippen molar-refractivity contribution in [1.29, 1.82) is 0 Å². The Hall–Kier alpha value is -2.47. The predicted octanol–water partition coefficient (Wildman–Crippen LogP) is 4.98. The molecule has 0 radical (unpaired) electrons. The third-order valence-electron chi connectivity index (χ3n) is 4.07. The van der Waals surface area contributed by atoms with Gasteiger partial charge in [-0.05, 0) is 51.8 Å². The summed E-state index contributed by atoms with van der Waals surface area (Å²) in [6.07, 6.45) is 13.8. The van der Waals surface area contributed by atoms with E-state index in [0.717, 1.165) is 46.5 Å². The second kappa shape index (κ2) is 8.76. The summed E-state index contributed by atoms with van der Waals surface area (Å²) >= 11 is 1.62. The molecule has 1 aromatic heterocycles. The minimum absolute atomic E-state index is 0.238. The second-order valence-corrected chi connectivity index (χ2v) is 6.91. The maximum Gasteiger partial charge on any atom is 0.183 e. The highest BCUT2D eigenvalue weighted by Gasteiger charge is 2.14. The first-order valence-corrected chi connectivity index (χ1v) is 9.71. The first-order valence-electron chi connectivity index (χ1n) is 8.83. The summed E-state index contributed by atoms with van der Waals surface area (Å²) in [5.41, 5.74) is 3.07. The van der Waals surface area contributed by atoms with Gasteiger partial charge >= 0.3 is 0 Å². The zero-order valence-electron chi connectivity index (χ0n) is 15.4. The minimum Gasteiger partial charge on any atom is -0.494 e. The zero-order chi connectivity index (χ0) is 18.4. The summed E-state index contributed by atoms with van der Waals surface area (Å²) in [7, 11) is 0. The summed E-state index contributed by atoms with van der Waals surface area (Å²) in [6.45, 7) is 6.62. The molecule has 1 aliphatic carbocycles. The van der Waals surface area contributed by atoms with Crippen LogP contribution < -0.4 is 5.32 Å². The first kappa shape index (κ1) is 18.3. The van der Waals surface area contributed by atoms with Gasteiger partial charge in [-0.1, -0.05) is 12.2 Å². The van der Waals surface area contributed by atoms with Crippen LogP contribution in [-0.4, -0.2) is 29.7 Å². The molecule has 2 heterocycles. The van der Waals surface area contributed by atoms with Crippen molar-refractivity contribution >= 4 is 34.1 Å². The molecule has 3 rings (SSSR count). The van der Waals surface area contributed by atoms with Crippen LogP contribution in [0.25, 0.3) is 5.57 Å². The van der Waals surface area contributed by atoms with Crippen molar-refractivity contribution in [3.05, 3.63) is 52.9 Å². The number of nitrogens with zero attached hydrogens (tertiary/aromatic N) is 3. The van der Waals surface area contributed by atoms with Gasteiger partial charge in [0, 0.05) is 22.9 Å². The highest BCUT2D eigenvalue weighted by molar-refractivity contribution is 7.13. The summed E-state index contributed by atoms with van der Waals surface area (Å²) in [4.78, 5) is 13.6. The van der Waals surface area contributed by atoms with E-state index in [-0.39, 0.29) is 6.04 Å². The number of ether oxygens (including phenoxy) is 1. The van der Waals surface area contributed by atoms with Crippen LogP contribution >= 0.6 is 11.3 Å². The summed E-state index contributed by atoms with van der Waals surface area (Å²) in [5, 5.41) is 6.50. The molecule has 0 saturated heterocycles. The van der Waals surface area contributed by atoms with E-state index >= 15 is 0 Å². The third kappa shape index (κ3) is 4.79. The maximum absolute atomic E-state index is 5.52. The lowest BCUT2D eigenvalue weighted by molar-refractivity contribution is 0.240. The summed E-state index contributed by atoms with van der Waals surface area (Å²) in [6, 6.07) is 0.238. The van der Waals surface area contributed by atoms with Crippen LogP contribution in [0.5, 0.6) is 0 Å². The molecule has 0 spiro atoms. The molecule has 0 aromatic carbocycles. The van der Waals surface area contributed by atoms with E-state index in [0.29, 0.717) is 6.61 Å². The predicted molar refractivity (Wildman–Crippen MR) is 111 cm³/mol. The Labute approximate surface area is 158 Å². The lowest BCUT2D eigenvalue weighted by Gasteiger charge is -2.17. The van der Waals surface area contributed by atoms with Crippen molar-refractivity contribution in [3.63, 3.8) is 0 Å². The van der Waals surface area contributed by atoms with Crippen LogP contribution in [0.2, 0.25) is 0 Å². The number of amidine groups is 1. The van der Waals surface area contributed by atoms with E-state index in [1.807, 2.05) is 32.9 Å². The van der Waals surface area contributed by atoms with Gasteiger partial charge in [-0.25, -0.2) is 15.0 Å². The van der Waals surface area contributed by atoms with Gasteiger partial charge < -0.3 is 10.1 Å². The lowest BCUT2D eigenvalue weighted by atomic mass is 10.1. The van der Waals surface area contributed by atoms with E-state index in [4.69, 9.17) is 9.72 Å². The Kier molecular flexibility index (Phi) is 6.17. The molecule has 0 bridgehead atoms. The van der Waals surface area contributed by atoms with Gasteiger partial charge in [0.25, 0.3) is 0 Å². The van der Waals surface area contributed by atoms with Crippen molar-refractivity contribution < 1.29 is 4.74 Å². The van der Waals surface area contributed by atoms with Crippen LogP contribution in [0.3, 0.4) is 0 Å². The smallest absolute Gasteiger partial charge is 0.183 e. The minimum atomic E-state index is 0.238. The number of rotatable bonds is 5. The Morgan fingerprint density at radius 2 is 2.23 bits per heavy atom. The molecule has 0 amide bonds. The fourth-order valence-electron chi connectivity index (χ4n) is 2.79. The van der Waals surface area contributed by atoms with Crippen molar-refractivity contribution in [2.24, 2.45) is 9.98 Å². The van der Waals surface area contributed by atoms with Gasteiger partial charge in [-0.2, -0.15) is 0 Å². The standard InChI is InChI=1S/C20H24N4OS/c1-4-25-17-10-8-16(9-11-17)23-20-24-19(13-26-20)18-7-5-6-12-21-15(3)22-14(18)2/h5-6,8,10-13,16H,4,7,9H2,1-3H3,(H,23,24). The number of aliphatic imine (C=N–C) groups is 2. The van der Waals surface area contributed by atoms with E-state index in [9.17, 15) is 0 Å². The summed E-state index contributed by atoms with van der Waals surface area (Å²) in [5.74, 6) is 1.70. The number of anilines is 1. The molecule has 1 N–H and O–H groups in total. The van der Waals surface area contributed by atoms with Gasteiger partial charge in [0.1, 0.15) is 11.6 Å². The second-order valence-electron chi connectivity index (χ2n) is 6.06. The number of hydrogen-bond acceptors (Lipinski definition) is 6. The molecule has 6 heteroatoms. The fourth-order valence-corrected chi connectivity index (χ4v) is 3.58. The SMILES string of the molecule is CCOC1=CCC(Nc2nc(C3=C(C)N=C(C)N=CC=CC3)cs2)C=C1. The largest absolute Gasteiger partial charge is 0.494 e. The summed E-state index contributed by atoms with van der Waals surface area (Å²) < 4.78 is 5.52. The normalized spacial score (nSPS) is 20.2. The molecule has 136 valence electrons. The maximum atomic E-state index is 5.52. The first-order chi connectivity index (χ1) is 12.7. The van der Waals surface area contributed by atoms with E-state index in [1.54, 1.807) is 17.6 Å². The Morgan fingerprint density at radius 3 is 3.00 bits per heavy atom. The Bertz CT molecular complexity index is 827. The van der Waals surface area contributed by atoms with Crippen LogP contribution in [0.4, 0.5) is 5.13 Å². The fraction of sp³-hybridized carbons (Fsp3) is 0.350. The van der Waals surface area contributed by atoms with Gasteiger partial charge in [-0.3, -0.25) is 0 Å². The number of hydrogen-bond donors (Lipinski definition) is 1. The molecule has 5 nitrogen and oxygen atoms in total. The van der Waals surface area contributed by atoms with Gasteiger partial charge in [0.05, 0.1) is 18.3 Å². The Morgan fingerprint density at radius 1 is 1.35 bits per heavy atom. The highest BCUT2D eigenvalue weighted by atomic mass is 32.1. The van der Waals surface area contributed by atoms with Gasteiger partial charge in [-0.15, -0.1) is 11.3 Å². The quantitative estimate of drug-likeness (QED) is 0.797. The molecule has 0 saturated carbocycles. The van der Waals surface area contributed by atoms with E-state index in [2.05, 4.69) is 38.9 Å². The number of nitrogens with one attached hydrogen (secondary N) is 1. The molecular formula is C20H24N4OS. The lowest BCUT2D eigenvalue weighted by Crippen LogP contribution is -2.18. The van der Waals surface area contributed by atoms with Crippen LogP contribution in [0, 0.1) is 0 Å². The van der Waals surface area contributed by atoms with E-state index in [1.165, 1.54) is 0 Å². The molecule has 1 aromatic rings. The molecule has 26 heavy (non-hydrogen) atoms. The topological polar surface area (TPSA) is 58.9 Å². The number of aromatic nitrogens is 1. The molecule has 2 aliphatic rings. The van der Waals surface area contributed by atoms with Crippen LogP contribution in [0.15, 0.2) is 57.2 Å². The van der Waals surface area contributed by atoms with Gasteiger partial charge in [0.2, 0.25) is 0 Å². The van der Waals surface area contributed by atoms with Crippen LogP contribution in [-0.2, 0) is 4.74 Å². The van der Waals surface area contributed by atoms with E-state index < -0.39 is 0 Å². The van der Waals surface area contributed by atoms with Crippen molar-refractivity contribution in [3.8, 4) is 0 Å². The monoisotopic (exact) mass is 368 g/mol. The molecule has 1 unspecified atom stereocenters. The van der Waals surface area contributed by atoms with Crippen molar-refractivity contribution in [2.45, 2.75) is 39.7 Å². The Balaban J connectivity index is 1.72. The molecule has 1 aliphatic heterocycles. The van der Waals surface area contributed by atoms with Gasteiger partial charge in [0.15, 0.2) is 5.13 Å². The van der Waals surface area contributed by atoms with Crippen molar-refractivity contribution in [2.75, 3.05) is 11.9 Å². The average molecular weight is 369 g/mol. The average Bonchev–Trinajstić information content (AvgIpc) is 3.09. The molecule has 0 fully saturated rings.